The zero-order chi connectivity index (χ0) is 8.69. The molecule has 0 spiro atoms. The highest BCUT2D eigenvalue weighted by Crippen LogP contribution is 2.14. The monoisotopic (exact) mass is 152 g/mol. The lowest BCUT2D eigenvalue weighted by Gasteiger charge is -1.96. The Bertz CT molecular complexity index is 218. The van der Waals surface area contributed by atoms with Gasteiger partial charge in [0, 0.05) is 10.8 Å². The summed E-state index contributed by atoms with van der Waals surface area (Å²) in [5.41, 5.74) is 0. The van der Waals surface area contributed by atoms with Crippen LogP contribution in [0.1, 0.15) is 0 Å². The first-order valence-corrected chi connectivity index (χ1v) is 2.86. The number of aromatic hydroxyl groups is 1. The van der Waals surface area contributed by atoms with E-state index in [1.54, 1.807) is 31.4 Å². The van der Waals surface area contributed by atoms with Crippen molar-refractivity contribution in [2.45, 2.75) is 0 Å². The lowest BCUT2D eigenvalue weighted by molar-refractivity contribution is 0.412. The van der Waals surface area contributed by atoms with Crippen molar-refractivity contribution < 1.29 is 9.84 Å². The summed E-state index contributed by atoms with van der Waals surface area (Å²) in [4.78, 5) is 0. The van der Waals surface area contributed by atoms with Crippen LogP contribution in [0, 0.1) is 10.8 Å². The van der Waals surface area contributed by atoms with Crippen LogP contribution in [0.2, 0.25) is 0 Å². The maximum Gasteiger partial charge on any atom is 0.119 e. The van der Waals surface area contributed by atoms with Crippen LogP contribution in [0.4, 0.5) is 0 Å². The molecule has 4 heteroatoms. The van der Waals surface area contributed by atoms with Gasteiger partial charge in [0.15, 0.2) is 0 Å². The van der Waals surface area contributed by atoms with E-state index in [-0.39, 0.29) is 5.75 Å². The Morgan fingerprint density at radius 1 is 1.18 bits per heavy atom. The molecule has 0 amide bonds. The Labute approximate surface area is 64.5 Å². The van der Waals surface area contributed by atoms with Crippen LogP contribution in [-0.4, -0.2) is 12.2 Å². The highest BCUT2D eigenvalue weighted by Gasteiger charge is 1.87. The van der Waals surface area contributed by atoms with Crippen LogP contribution >= 0.6 is 0 Å². The summed E-state index contributed by atoms with van der Waals surface area (Å²) in [5.74, 6) is 1.02. The molecule has 0 heterocycles. The quantitative estimate of drug-likeness (QED) is 0.617. The second kappa shape index (κ2) is 5.06. The summed E-state index contributed by atoms with van der Waals surface area (Å²) >= 11 is 0. The van der Waals surface area contributed by atoms with Crippen LogP contribution in [0.5, 0.6) is 11.5 Å². The van der Waals surface area contributed by atoms with Gasteiger partial charge in [-0.15, -0.1) is 0 Å². The molecular formula is C7H8N2O2. The summed E-state index contributed by atoms with van der Waals surface area (Å²) in [6.45, 7) is 0. The van der Waals surface area contributed by atoms with E-state index in [4.69, 9.17) is 20.6 Å². The fraction of sp³-hybridized carbons (Fsp3) is 0.143. The van der Waals surface area contributed by atoms with Gasteiger partial charge < -0.3 is 9.84 Å². The zero-order valence-corrected chi connectivity index (χ0v) is 6.06. The molecule has 0 fully saturated rings. The number of benzene rings is 1. The second-order valence-electron chi connectivity index (χ2n) is 1.70. The van der Waals surface area contributed by atoms with Crippen molar-refractivity contribution in [2.24, 2.45) is 0 Å². The lowest BCUT2D eigenvalue weighted by Crippen LogP contribution is -1.79. The minimum absolute atomic E-state index is 0.260. The molecule has 0 radical (unpaired) electrons. The van der Waals surface area contributed by atoms with E-state index in [1.807, 2.05) is 0 Å². The third-order valence-corrected chi connectivity index (χ3v) is 1.07. The predicted octanol–water partition coefficient (Wildman–Crippen LogP) is 1.43. The van der Waals surface area contributed by atoms with Crippen LogP contribution in [0.15, 0.2) is 24.3 Å². The molecule has 0 bridgehead atoms. The number of rotatable bonds is 1. The predicted molar refractivity (Wildman–Crippen MR) is 38.1 cm³/mol. The van der Waals surface area contributed by atoms with Crippen LogP contribution < -0.4 is 4.74 Å². The van der Waals surface area contributed by atoms with Gasteiger partial charge in [0.25, 0.3) is 0 Å². The average Bonchev–Trinajstić information content (AvgIpc) is 2.10. The largest absolute Gasteiger partial charge is 0.508 e. The number of nitrogens with zero attached hydrogens (tertiary/aromatic N) is 2. The van der Waals surface area contributed by atoms with Gasteiger partial charge in [0.05, 0.1) is 7.11 Å². The maximum absolute atomic E-state index is 8.80. The third kappa shape index (κ3) is 3.06. The molecule has 1 rings (SSSR count). The first-order valence-electron chi connectivity index (χ1n) is 2.86. The standard InChI is InChI=1S/C7H8O2.N2/c1-9-7-4-2-6(8)3-5-7;1-2/h2-5,8H,1H3;. The number of phenolic OH excluding ortho intramolecular Hbond substituents is 1. The normalized spacial score (nSPS) is 7.55. The smallest absolute Gasteiger partial charge is 0.119 e. The van der Waals surface area contributed by atoms with E-state index in [0.29, 0.717) is 0 Å². The Hall–Kier alpha value is -1.76. The average molecular weight is 152 g/mol. The number of hydrogen-bond donors (Lipinski definition) is 1. The Morgan fingerprint density at radius 3 is 2.00 bits per heavy atom. The van der Waals surface area contributed by atoms with Gasteiger partial charge in [-0.3, -0.25) is 0 Å². The van der Waals surface area contributed by atoms with Crippen molar-refractivity contribution in [3.63, 3.8) is 0 Å². The fourth-order valence-electron chi connectivity index (χ4n) is 0.582. The molecular weight excluding hydrogens is 144 g/mol. The molecule has 1 aromatic rings. The molecule has 0 aliphatic rings. The summed E-state index contributed by atoms with van der Waals surface area (Å²) in [7, 11) is 1.59. The number of hydrogen-bond acceptors (Lipinski definition) is 4. The molecule has 0 saturated heterocycles. The van der Waals surface area contributed by atoms with Crippen molar-refractivity contribution in [1.29, 1.82) is 10.8 Å². The van der Waals surface area contributed by atoms with Gasteiger partial charge in [-0.05, 0) is 24.3 Å². The van der Waals surface area contributed by atoms with E-state index in [9.17, 15) is 0 Å². The Kier molecular flexibility index (Phi) is 4.25. The summed E-state index contributed by atoms with van der Waals surface area (Å²) in [6.07, 6.45) is 0. The number of methoxy groups -OCH3 is 1. The fourth-order valence-corrected chi connectivity index (χ4v) is 0.582. The van der Waals surface area contributed by atoms with E-state index in [2.05, 4.69) is 0 Å². The molecule has 0 saturated carbocycles. The van der Waals surface area contributed by atoms with Crippen LogP contribution in [0.25, 0.3) is 0 Å². The first-order chi connectivity index (χ1) is 5.33. The van der Waals surface area contributed by atoms with E-state index in [1.165, 1.54) is 0 Å². The van der Waals surface area contributed by atoms with Crippen molar-refractivity contribution in [3.8, 4) is 11.5 Å². The first kappa shape index (κ1) is 9.24. The molecule has 11 heavy (non-hydrogen) atoms. The van der Waals surface area contributed by atoms with Crippen molar-refractivity contribution in [1.82, 2.24) is 0 Å². The molecule has 4 nitrogen and oxygen atoms in total. The summed E-state index contributed by atoms with van der Waals surface area (Å²) in [6, 6.07) is 6.57. The maximum atomic E-state index is 8.80. The molecule has 0 aromatic heterocycles. The number of phenols is 1. The third-order valence-electron chi connectivity index (χ3n) is 1.07. The van der Waals surface area contributed by atoms with Gasteiger partial charge in [0.2, 0.25) is 0 Å². The molecule has 0 aliphatic carbocycles. The summed E-state index contributed by atoms with van der Waals surface area (Å²) in [5, 5.41) is 20.8. The number of ether oxygens (including phenoxy) is 1. The van der Waals surface area contributed by atoms with Gasteiger partial charge in [-0.25, -0.2) is 0 Å². The molecule has 58 valence electrons. The van der Waals surface area contributed by atoms with E-state index in [0.717, 1.165) is 5.75 Å². The van der Waals surface area contributed by atoms with Crippen molar-refractivity contribution in [3.05, 3.63) is 24.3 Å². The highest BCUT2D eigenvalue weighted by molar-refractivity contribution is 5.29. The van der Waals surface area contributed by atoms with Gasteiger partial charge in [0.1, 0.15) is 11.5 Å². The molecule has 1 N–H and O–H groups in total. The molecule has 1 aromatic carbocycles. The molecule has 0 unspecified atom stereocenters. The minimum atomic E-state index is 0.260. The SMILES string of the molecule is COc1ccc(O)cc1.N#N. The molecule has 0 atom stereocenters. The zero-order valence-electron chi connectivity index (χ0n) is 6.06. The topological polar surface area (TPSA) is 77.0 Å². The van der Waals surface area contributed by atoms with Crippen molar-refractivity contribution in [2.75, 3.05) is 7.11 Å². The highest BCUT2D eigenvalue weighted by atomic mass is 16.5. The van der Waals surface area contributed by atoms with Crippen LogP contribution in [-0.2, 0) is 0 Å². The Morgan fingerprint density at radius 2 is 1.64 bits per heavy atom. The van der Waals surface area contributed by atoms with E-state index >= 15 is 0 Å². The van der Waals surface area contributed by atoms with Gasteiger partial charge in [-0.1, -0.05) is 0 Å². The summed E-state index contributed by atoms with van der Waals surface area (Å²) < 4.78 is 4.86. The molecule has 0 aliphatic heterocycles. The van der Waals surface area contributed by atoms with Gasteiger partial charge >= 0.3 is 0 Å². The van der Waals surface area contributed by atoms with Crippen LogP contribution in [0.3, 0.4) is 0 Å². The second-order valence-corrected chi connectivity index (χ2v) is 1.70. The van der Waals surface area contributed by atoms with E-state index < -0.39 is 0 Å². The Balaban J connectivity index is 0.000000461. The minimum Gasteiger partial charge on any atom is -0.508 e. The lowest BCUT2D eigenvalue weighted by atomic mass is 10.3. The van der Waals surface area contributed by atoms with Crippen molar-refractivity contribution >= 4 is 0 Å². The van der Waals surface area contributed by atoms with Gasteiger partial charge in [-0.2, -0.15) is 0 Å².